The maximum atomic E-state index is 4.17. The van der Waals surface area contributed by atoms with Crippen LogP contribution in [0.15, 0.2) is 16.9 Å². The van der Waals surface area contributed by atoms with Gasteiger partial charge in [-0.3, -0.25) is 4.68 Å². The molecule has 1 aliphatic rings. The number of halogens is 1. The molecular formula is C7H9BrN2. The Morgan fingerprint density at radius 2 is 2.50 bits per heavy atom. The van der Waals surface area contributed by atoms with Crippen LogP contribution in [0.25, 0.3) is 0 Å². The minimum absolute atomic E-state index is 0.909. The summed E-state index contributed by atoms with van der Waals surface area (Å²) in [5, 5.41) is 4.17. The Hall–Kier alpha value is -0.310. The summed E-state index contributed by atoms with van der Waals surface area (Å²) in [6, 6.07) is 0. The zero-order chi connectivity index (χ0) is 6.97. The van der Waals surface area contributed by atoms with Crippen LogP contribution in [0.1, 0.15) is 12.8 Å². The molecule has 0 N–H and O–H groups in total. The van der Waals surface area contributed by atoms with Gasteiger partial charge in [0.15, 0.2) is 0 Å². The first kappa shape index (κ1) is 6.40. The van der Waals surface area contributed by atoms with E-state index in [2.05, 4.69) is 21.0 Å². The number of aromatic nitrogens is 2. The normalized spacial score (nSPS) is 17.7. The first-order valence-corrected chi connectivity index (χ1v) is 4.32. The van der Waals surface area contributed by atoms with Gasteiger partial charge in [0.25, 0.3) is 0 Å². The van der Waals surface area contributed by atoms with Gasteiger partial charge < -0.3 is 0 Å². The Morgan fingerprint density at radius 1 is 1.70 bits per heavy atom. The third-order valence-electron chi connectivity index (χ3n) is 1.74. The molecule has 0 spiro atoms. The maximum absolute atomic E-state index is 4.17. The molecular weight excluding hydrogens is 192 g/mol. The average molecular weight is 201 g/mol. The number of hydrogen-bond donors (Lipinski definition) is 0. The van der Waals surface area contributed by atoms with Crippen molar-refractivity contribution >= 4 is 15.9 Å². The molecule has 54 valence electrons. The lowest BCUT2D eigenvalue weighted by Crippen LogP contribution is -1.98. The predicted octanol–water partition coefficient (Wildman–Crippen LogP) is 2.06. The zero-order valence-electron chi connectivity index (χ0n) is 5.63. The van der Waals surface area contributed by atoms with Gasteiger partial charge in [-0.25, -0.2) is 0 Å². The molecule has 1 aromatic heterocycles. The van der Waals surface area contributed by atoms with Gasteiger partial charge in [-0.1, -0.05) is 0 Å². The van der Waals surface area contributed by atoms with Crippen molar-refractivity contribution in [1.82, 2.24) is 9.78 Å². The highest BCUT2D eigenvalue weighted by molar-refractivity contribution is 9.10. The summed E-state index contributed by atoms with van der Waals surface area (Å²) in [6.07, 6.45) is 6.63. The quantitative estimate of drug-likeness (QED) is 0.715. The van der Waals surface area contributed by atoms with Gasteiger partial charge in [0.1, 0.15) is 0 Å². The second-order valence-electron chi connectivity index (χ2n) is 2.82. The van der Waals surface area contributed by atoms with Crippen LogP contribution in [-0.2, 0) is 6.54 Å². The van der Waals surface area contributed by atoms with Crippen molar-refractivity contribution in [2.45, 2.75) is 19.4 Å². The van der Waals surface area contributed by atoms with E-state index in [0.29, 0.717) is 0 Å². The SMILES string of the molecule is Brc1cnn(CC2CC2)c1. The molecule has 1 heterocycles. The lowest BCUT2D eigenvalue weighted by molar-refractivity contribution is 0.563. The highest BCUT2D eigenvalue weighted by atomic mass is 79.9. The van der Waals surface area contributed by atoms with E-state index in [4.69, 9.17) is 0 Å². The molecule has 0 unspecified atom stereocenters. The summed E-state index contributed by atoms with van der Waals surface area (Å²) >= 11 is 3.36. The maximum Gasteiger partial charge on any atom is 0.0632 e. The Kier molecular flexibility index (Phi) is 1.52. The molecule has 0 aliphatic heterocycles. The lowest BCUT2D eigenvalue weighted by atomic mass is 10.4. The van der Waals surface area contributed by atoms with Crippen LogP contribution in [0.3, 0.4) is 0 Å². The summed E-state index contributed by atoms with van der Waals surface area (Å²) in [5.41, 5.74) is 0. The molecule has 1 saturated carbocycles. The van der Waals surface area contributed by atoms with Gasteiger partial charge in [-0.2, -0.15) is 5.10 Å². The van der Waals surface area contributed by atoms with Gasteiger partial charge in [0.2, 0.25) is 0 Å². The molecule has 0 aromatic carbocycles. The van der Waals surface area contributed by atoms with E-state index in [1.807, 2.05) is 17.1 Å². The van der Waals surface area contributed by atoms with E-state index >= 15 is 0 Å². The van der Waals surface area contributed by atoms with Gasteiger partial charge >= 0.3 is 0 Å². The van der Waals surface area contributed by atoms with Crippen LogP contribution in [0.5, 0.6) is 0 Å². The molecule has 1 fully saturated rings. The van der Waals surface area contributed by atoms with E-state index < -0.39 is 0 Å². The monoisotopic (exact) mass is 200 g/mol. The van der Waals surface area contributed by atoms with Crippen molar-refractivity contribution in [3.63, 3.8) is 0 Å². The van der Waals surface area contributed by atoms with Crippen molar-refractivity contribution in [2.75, 3.05) is 0 Å². The topological polar surface area (TPSA) is 17.8 Å². The summed E-state index contributed by atoms with van der Waals surface area (Å²) in [6.45, 7) is 1.10. The smallest absolute Gasteiger partial charge is 0.0632 e. The summed E-state index contributed by atoms with van der Waals surface area (Å²) in [7, 11) is 0. The van der Waals surface area contributed by atoms with Gasteiger partial charge in [-0.05, 0) is 34.7 Å². The predicted molar refractivity (Wildman–Crippen MR) is 42.7 cm³/mol. The Balaban J connectivity index is 2.03. The van der Waals surface area contributed by atoms with Crippen molar-refractivity contribution in [3.8, 4) is 0 Å². The van der Waals surface area contributed by atoms with Crippen molar-refractivity contribution < 1.29 is 0 Å². The Morgan fingerprint density at radius 3 is 3.00 bits per heavy atom. The fourth-order valence-corrected chi connectivity index (χ4v) is 1.33. The van der Waals surface area contributed by atoms with E-state index in [-0.39, 0.29) is 0 Å². The van der Waals surface area contributed by atoms with Gasteiger partial charge in [0, 0.05) is 12.7 Å². The summed E-state index contributed by atoms with van der Waals surface area (Å²) < 4.78 is 3.08. The minimum atomic E-state index is 0.909. The second kappa shape index (κ2) is 2.38. The lowest BCUT2D eigenvalue weighted by Gasteiger charge is -1.95. The third-order valence-corrected chi connectivity index (χ3v) is 2.15. The molecule has 0 bridgehead atoms. The molecule has 1 aliphatic carbocycles. The van der Waals surface area contributed by atoms with Gasteiger partial charge in [0.05, 0.1) is 10.7 Å². The van der Waals surface area contributed by atoms with Crippen LogP contribution in [0.4, 0.5) is 0 Å². The number of rotatable bonds is 2. The Bertz CT molecular complexity index is 227. The molecule has 1 aromatic rings. The van der Waals surface area contributed by atoms with E-state index in [1.54, 1.807) is 0 Å². The standard InChI is InChI=1S/C7H9BrN2/c8-7-3-9-10(5-7)4-6-1-2-6/h3,5-6H,1-2,4H2. The van der Waals surface area contributed by atoms with Crippen molar-refractivity contribution in [1.29, 1.82) is 0 Å². The average Bonchev–Trinajstić information content (AvgIpc) is 2.59. The van der Waals surface area contributed by atoms with Gasteiger partial charge in [-0.15, -0.1) is 0 Å². The molecule has 2 nitrogen and oxygen atoms in total. The molecule has 0 radical (unpaired) electrons. The minimum Gasteiger partial charge on any atom is -0.271 e. The number of hydrogen-bond acceptors (Lipinski definition) is 1. The van der Waals surface area contributed by atoms with Crippen molar-refractivity contribution in [3.05, 3.63) is 16.9 Å². The first-order chi connectivity index (χ1) is 4.84. The highest BCUT2D eigenvalue weighted by Gasteiger charge is 2.21. The Labute approximate surface area is 68.4 Å². The van der Waals surface area contributed by atoms with E-state index in [0.717, 1.165) is 16.9 Å². The van der Waals surface area contributed by atoms with E-state index in [1.165, 1.54) is 12.8 Å². The fraction of sp³-hybridized carbons (Fsp3) is 0.571. The van der Waals surface area contributed by atoms with Crippen LogP contribution < -0.4 is 0 Å². The fourth-order valence-electron chi connectivity index (χ4n) is 1.00. The van der Waals surface area contributed by atoms with Crippen LogP contribution in [0, 0.1) is 5.92 Å². The largest absolute Gasteiger partial charge is 0.271 e. The van der Waals surface area contributed by atoms with Crippen LogP contribution in [-0.4, -0.2) is 9.78 Å². The van der Waals surface area contributed by atoms with Crippen molar-refractivity contribution in [2.24, 2.45) is 5.92 Å². The number of nitrogens with zero attached hydrogens (tertiary/aromatic N) is 2. The molecule has 0 saturated heterocycles. The van der Waals surface area contributed by atoms with E-state index in [9.17, 15) is 0 Å². The summed E-state index contributed by atoms with van der Waals surface area (Å²) in [4.78, 5) is 0. The first-order valence-electron chi connectivity index (χ1n) is 3.52. The molecule has 2 rings (SSSR count). The van der Waals surface area contributed by atoms with Crippen LogP contribution in [0.2, 0.25) is 0 Å². The second-order valence-corrected chi connectivity index (χ2v) is 3.74. The zero-order valence-corrected chi connectivity index (χ0v) is 7.21. The van der Waals surface area contributed by atoms with Crippen LogP contribution >= 0.6 is 15.9 Å². The molecule has 3 heteroatoms. The molecule has 0 amide bonds. The third kappa shape index (κ3) is 1.40. The molecule has 10 heavy (non-hydrogen) atoms. The highest BCUT2D eigenvalue weighted by Crippen LogP contribution is 2.30. The molecule has 0 atom stereocenters. The summed E-state index contributed by atoms with van der Waals surface area (Å²) in [5.74, 6) is 0.909.